The molecule has 108 valence electrons. The quantitative estimate of drug-likeness (QED) is 0.758. The van der Waals surface area contributed by atoms with E-state index in [1.807, 2.05) is 11.4 Å². The fourth-order valence-electron chi connectivity index (χ4n) is 2.01. The van der Waals surface area contributed by atoms with Gasteiger partial charge in [-0.05, 0) is 53.0 Å². The SMILES string of the molecule is CCCNC(Cc1ccc(F)cc1F)c1cc(Br)cs1. The van der Waals surface area contributed by atoms with Crippen LogP contribution in [-0.4, -0.2) is 6.54 Å². The minimum atomic E-state index is -0.539. The minimum Gasteiger partial charge on any atom is -0.309 e. The van der Waals surface area contributed by atoms with Crippen LogP contribution >= 0.6 is 27.3 Å². The number of thiophene rings is 1. The zero-order valence-electron chi connectivity index (χ0n) is 11.1. The van der Waals surface area contributed by atoms with Crippen molar-refractivity contribution >= 4 is 27.3 Å². The summed E-state index contributed by atoms with van der Waals surface area (Å²) in [5.41, 5.74) is 0.532. The van der Waals surface area contributed by atoms with E-state index in [1.165, 1.54) is 12.1 Å². The first-order valence-electron chi connectivity index (χ1n) is 6.51. The minimum absolute atomic E-state index is 0.0474. The lowest BCUT2D eigenvalue weighted by Crippen LogP contribution is -2.23. The Morgan fingerprint density at radius 2 is 2.10 bits per heavy atom. The number of halogens is 3. The summed E-state index contributed by atoms with van der Waals surface area (Å²) in [7, 11) is 0. The monoisotopic (exact) mass is 359 g/mol. The van der Waals surface area contributed by atoms with Crippen LogP contribution in [0.3, 0.4) is 0 Å². The van der Waals surface area contributed by atoms with Gasteiger partial charge in [-0.25, -0.2) is 8.78 Å². The van der Waals surface area contributed by atoms with E-state index in [-0.39, 0.29) is 6.04 Å². The van der Waals surface area contributed by atoms with Crippen LogP contribution in [-0.2, 0) is 6.42 Å². The number of benzene rings is 1. The summed E-state index contributed by atoms with van der Waals surface area (Å²) in [5, 5.41) is 5.43. The molecule has 0 saturated heterocycles. The van der Waals surface area contributed by atoms with Crippen LogP contribution in [0.1, 0.15) is 29.8 Å². The normalized spacial score (nSPS) is 12.6. The summed E-state index contributed by atoms with van der Waals surface area (Å²) < 4.78 is 27.8. The Bertz CT molecular complexity index is 571. The van der Waals surface area contributed by atoms with E-state index in [1.54, 1.807) is 11.3 Å². The molecular formula is C15H16BrF2NS. The van der Waals surface area contributed by atoms with E-state index >= 15 is 0 Å². The first-order chi connectivity index (χ1) is 9.60. The van der Waals surface area contributed by atoms with E-state index < -0.39 is 11.6 Å². The highest BCUT2D eigenvalue weighted by molar-refractivity contribution is 9.10. The average Bonchev–Trinajstić information content (AvgIpc) is 2.83. The van der Waals surface area contributed by atoms with E-state index in [4.69, 9.17) is 0 Å². The third-order valence-electron chi connectivity index (χ3n) is 3.01. The van der Waals surface area contributed by atoms with Crippen molar-refractivity contribution in [2.75, 3.05) is 6.54 Å². The number of hydrogen-bond acceptors (Lipinski definition) is 2. The highest BCUT2D eigenvalue weighted by Gasteiger charge is 2.16. The van der Waals surface area contributed by atoms with Crippen LogP contribution < -0.4 is 5.32 Å². The molecule has 0 bridgehead atoms. The molecule has 0 saturated carbocycles. The molecule has 0 aliphatic rings. The molecule has 1 heterocycles. The van der Waals surface area contributed by atoms with Crippen LogP contribution in [0.4, 0.5) is 8.78 Å². The molecule has 1 aromatic carbocycles. The van der Waals surface area contributed by atoms with Gasteiger partial charge in [0, 0.05) is 26.8 Å². The van der Waals surface area contributed by atoms with Gasteiger partial charge in [-0.2, -0.15) is 0 Å². The van der Waals surface area contributed by atoms with Gasteiger partial charge < -0.3 is 5.32 Å². The lowest BCUT2D eigenvalue weighted by molar-refractivity contribution is 0.513. The lowest BCUT2D eigenvalue weighted by atomic mass is 10.0. The maximum Gasteiger partial charge on any atom is 0.129 e. The molecule has 20 heavy (non-hydrogen) atoms. The van der Waals surface area contributed by atoms with Crippen molar-refractivity contribution < 1.29 is 8.78 Å². The highest BCUT2D eigenvalue weighted by atomic mass is 79.9. The standard InChI is InChI=1S/C15H16BrF2NS/c1-2-5-19-14(15-7-11(16)9-20-15)6-10-3-4-12(17)8-13(10)18/h3-4,7-9,14,19H,2,5-6H2,1H3. The zero-order valence-corrected chi connectivity index (χ0v) is 13.5. The smallest absolute Gasteiger partial charge is 0.129 e. The number of nitrogens with one attached hydrogen (secondary N) is 1. The molecule has 0 spiro atoms. The van der Waals surface area contributed by atoms with Crippen molar-refractivity contribution in [1.29, 1.82) is 0 Å². The third-order valence-corrected chi connectivity index (χ3v) is 4.82. The molecule has 0 radical (unpaired) electrons. The number of rotatable bonds is 6. The van der Waals surface area contributed by atoms with Gasteiger partial charge in [-0.1, -0.05) is 13.0 Å². The van der Waals surface area contributed by atoms with E-state index in [9.17, 15) is 8.78 Å². The van der Waals surface area contributed by atoms with Crippen LogP contribution in [0.25, 0.3) is 0 Å². The summed E-state index contributed by atoms with van der Waals surface area (Å²) in [5.74, 6) is -1.02. The fraction of sp³-hybridized carbons (Fsp3) is 0.333. The Labute approximate surface area is 130 Å². The predicted molar refractivity (Wildman–Crippen MR) is 83.1 cm³/mol. The Morgan fingerprint density at radius 1 is 1.30 bits per heavy atom. The Morgan fingerprint density at radius 3 is 2.70 bits per heavy atom. The van der Waals surface area contributed by atoms with Crippen molar-refractivity contribution in [3.05, 3.63) is 56.2 Å². The fourth-order valence-corrected chi connectivity index (χ4v) is 3.53. The van der Waals surface area contributed by atoms with Gasteiger partial charge in [0.25, 0.3) is 0 Å². The van der Waals surface area contributed by atoms with Crippen molar-refractivity contribution in [3.63, 3.8) is 0 Å². The molecule has 0 fully saturated rings. The summed E-state index contributed by atoms with van der Waals surface area (Å²) in [6.45, 7) is 2.95. The molecule has 0 aliphatic heterocycles. The molecule has 2 aromatic rings. The predicted octanol–water partition coefficient (Wildman–Crippen LogP) is 5.07. The topological polar surface area (TPSA) is 12.0 Å². The van der Waals surface area contributed by atoms with Gasteiger partial charge in [-0.3, -0.25) is 0 Å². The molecule has 0 aliphatic carbocycles. The van der Waals surface area contributed by atoms with Gasteiger partial charge in [0.15, 0.2) is 0 Å². The first kappa shape index (κ1) is 15.6. The molecule has 1 atom stereocenters. The Hall–Kier alpha value is -0.780. The van der Waals surface area contributed by atoms with Crippen LogP contribution in [0.15, 0.2) is 34.1 Å². The second-order valence-electron chi connectivity index (χ2n) is 4.61. The lowest BCUT2D eigenvalue weighted by Gasteiger charge is -2.17. The number of hydrogen-bond donors (Lipinski definition) is 1. The maximum atomic E-state index is 13.8. The molecule has 5 heteroatoms. The van der Waals surface area contributed by atoms with Gasteiger partial charge in [-0.15, -0.1) is 11.3 Å². The molecule has 1 aromatic heterocycles. The second kappa shape index (κ2) is 7.29. The van der Waals surface area contributed by atoms with Crippen molar-refractivity contribution in [1.82, 2.24) is 5.32 Å². The molecule has 0 amide bonds. The van der Waals surface area contributed by atoms with Crippen LogP contribution in [0, 0.1) is 11.6 Å². The van der Waals surface area contributed by atoms with Crippen molar-refractivity contribution in [3.8, 4) is 0 Å². The molecular weight excluding hydrogens is 344 g/mol. The molecule has 1 N–H and O–H groups in total. The van der Waals surface area contributed by atoms with Gasteiger partial charge >= 0.3 is 0 Å². The summed E-state index contributed by atoms with van der Waals surface area (Å²) >= 11 is 5.07. The first-order valence-corrected chi connectivity index (χ1v) is 8.18. The van der Waals surface area contributed by atoms with Crippen molar-refractivity contribution in [2.24, 2.45) is 0 Å². The largest absolute Gasteiger partial charge is 0.309 e. The Kier molecular flexibility index (Phi) is 5.69. The van der Waals surface area contributed by atoms with Crippen LogP contribution in [0.2, 0.25) is 0 Å². The highest BCUT2D eigenvalue weighted by Crippen LogP contribution is 2.28. The molecule has 1 unspecified atom stereocenters. The van der Waals surface area contributed by atoms with E-state index in [2.05, 4.69) is 28.2 Å². The molecule has 1 nitrogen and oxygen atoms in total. The van der Waals surface area contributed by atoms with Crippen LogP contribution in [0.5, 0.6) is 0 Å². The van der Waals surface area contributed by atoms with E-state index in [0.717, 1.165) is 28.4 Å². The third kappa shape index (κ3) is 4.11. The summed E-state index contributed by atoms with van der Waals surface area (Å²) in [6.07, 6.45) is 1.52. The van der Waals surface area contributed by atoms with Crippen molar-refractivity contribution in [2.45, 2.75) is 25.8 Å². The Balaban J connectivity index is 2.18. The van der Waals surface area contributed by atoms with Gasteiger partial charge in [0.1, 0.15) is 11.6 Å². The molecule has 2 rings (SSSR count). The van der Waals surface area contributed by atoms with Gasteiger partial charge in [0.2, 0.25) is 0 Å². The average molecular weight is 360 g/mol. The van der Waals surface area contributed by atoms with Gasteiger partial charge in [0.05, 0.1) is 0 Å². The maximum absolute atomic E-state index is 13.8. The second-order valence-corrected chi connectivity index (χ2v) is 6.47. The summed E-state index contributed by atoms with van der Waals surface area (Å²) in [4.78, 5) is 1.15. The summed E-state index contributed by atoms with van der Waals surface area (Å²) in [6, 6.07) is 5.86. The van der Waals surface area contributed by atoms with E-state index in [0.29, 0.717) is 12.0 Å². The zero-order chi connectivity index (χ0) is 14.5.